The van der Waals surface area contributed by atoms with E-state index in [4.69, 9.17) is 20.9 Å². The van der Waals surface area contributed by atoms with Crippen LogP contribution in [0.15, 0.2) is 41.4 Å². The first-order chi connectivity index (χ1) is 21.2. The minimum Gasteiger partial charge on any atom is -0.481 e. The largest absolute Gasteiger partial charge is 0.490 e. The first-order valence-corrected chi connectivity index (χ1v) is 11.9. The van der Waals surface area contributed by atoms with Crippen LogP contribution >= 0.6 is 0 Å². The van der Waals surface area contributed by atoms with E-state index in [1.165, 1.54) is 0 Å². The SMILES string of the molecule is NNC=Nc1cc(C(=O)NCC(=O)NC(CC(=O)O)c2cc(C(F)(F)F)cc(C(F)(F)F)c2)cc(C(F)(F)F)c1.O=C(O)C(F)(F)F. The van der Waals surface area contributed by atoms with Crippen molar-refractivity contribution in [1.82, 2.24) is 16.1 Å². The molecule has 7 N–H and O–H groups in total. The van der Waals surface area contributed by atoms with E-state index >= 15 is 0 Å². The fourth-order valence-corrected chi connectivity index (χ4v) is 3.21. The van der Waals surface area contributed by atoms with Crippen molar-refractivity contribution in [2.45, 2.75) is 37.2 Å². The minimum atomic E-state index is -5.25. The third-order valence-corrected chi connectivity index (χ3v) is 5.17. The number of aliphatic carboxylic acids is 2. The van der Waals surface area contributed by atoms with Gasteiger partial charge >= 0.3 is 36.6 Å². The smallest absolute Gasteiger partial charge is 0.481 e. The number of nitrogens with one attached hydrogen (secondary N) is 3. The number of hydrogen-bond acceptors (Lipinski definition) is 6. The van der Waals surface area contributed by atoms with Crippen molar-refractivity contribution in [1.29, 1.82) is 0 Å². The van der Waals surface area contributed by atoms with Crippen LogP contribution in [0.2, 0.25) is 0 Å². The molecule has 0 fully saturated rings. The number of halogens is 12. The Kier molecular flexibility index (Phi) is 13.1. The highest BCUT2D eigenvalue weighted by Crippen LogP contribution is 2.38. The summed E-state index contributed by atoms with van der Waals surface area (Å²) in [4.78, 5) is 48.4. The zero-order valence-electron chi connectivity index (χ0n) is 22.6. The van der Waals surface area contributed by atoms with Crippen molar-refractivity contribution >= 4 is 35.8 Å². The highest BCUT2D eigenvalue weighted by molar-refractivity contribution is 5.97. The van der Waals surface area contributed by atoms with Gasteiger partial charge in [-0.2, -0.15) is 52.7 Å². The highest BCUT2D eigenvalue weighted by atomic mass is 19.4. The first kappa shape index (κ1) is 39.9. The molecular formula is C24H19F12N5O6. The van der Waals surface area contributed by atoms with Gasteiger partial charge in [0.2, 0.25) is 5.91 Å². The minimum absolute atomic E-state index is 0.194. The molecule has 0 spiro atoms. The van der Waals surface area contributed by atoms with Gasteiger partial charge in [-0.1, -0.05) is 0 Å². The van der Waals surface area contributed by atoms with E-state index in [-0.39, 0.29) is 23.9 Å². The summed E-state index contributed by atoms with van der Waals surface area (Å²) < 4.78 is 150. The Bertz CT molecular complexity index is 1450. The number of carbonyl (C=O) groups is 4. The maximum Gasteiger partial charge on any atom is 0.490 e. The van der Waals surface area contributed by atoms with Crippen molar-refractivity contribution in [3.05, 3.63) is 64.2 Å². The summed E-state index contributed by atoms with van der Waals surface area (Å²) in [6, 6.07) is 0.244. The maximum atomic E-state index is 13.2. The molecule has 47 heavy (non-hydrogen) atoms. The number of nitrogens with two attached hydrogens (primary N) is 1. The quantitative estimate of drug-likeness (QED) is 0.0723. The average molecular weight is 701 g/mol. The van der Waals surface area contributed by atoms with Crippen molar-refractivity contribution < 1.29 is 82.1 Å². The van der Waals surface area contributed by atoms with E-state index < -0.39 is 95.3 Å². The van der Waals surface area contributed by atoms with Crippen molar-refractivity contribution in [2.75, 3.05) is 6.54 Å². The van der Waals surface area contributed by atoms with E-state index in [2.05, 4.69) is 4.99 Å². The molecule has 0 aliphatic rings. The molecule has 0 heterocycles. The molecule has 2 aromatic rings. The third-order valence-electron chi connectivity index (χ3n) is 5.17. The van der Waals surface area contributed by atoms with Crippen LogP contribution in [-0.4, -0.2) is 53.0 Å². The summed E-state index contributed by atoms with van der Waals surface area (Å²) in [5.41, 5.74) is -4.71. The van der Waals surface area contributed by atoms with Gasteiger partial charge in [-0.3, -0.25) is 14.4 Å². The molecule has 0 aromatic heterocycles. The monoisotopic (exact) mass is 701 g/mol. The Morgan fingerprint density at radius 3 is 1.64 bits per heavy atom. The molecule has 1 unspecified atom stereocenters. The standard InChI is InChI=1S/C22H18F9N5O4.C2HF3O2/c23-20(24,25)12-1-10(2-13(5-12)21(26,27)28)16(7-18(38)39)36-17(37)8-33-19(40)11-3-14(22(29,30)31)6-15(4-11)34-9-35-32;3-2(4,5)1(6)7/h1-6,9,16H,7-8,32H2,(H,33,40)(H,34,35)(H,36,37)(H,38,39);(H,6,7). The van der Waals surface area contributed by atoms with Crippen molar-refractivity contribution in [3.8, 4) is 0 Å². The average Bonchev–Trinajstić information content (AvgIpc) is 2.92. The second-order valence-corrected chi connectivity index (χ2v) is 8.73. The molecule has 2 amide bonds. The Labute approximate surface area is 253 Å². The van der Waals surface area contributed by atoms with E-state index in [1.807, 2.05) is 16.1 Å². The number of hydrogen-bond donors (Lipinski definition) is 6. The Morgan fingerprint density at radius 2 is 1.23 bits per heavy atom. The Morgan fingerprint density at radius 1 is 0.766 bits per heavy atom. The molecule has 1 atom stereocenters. The number of aliphatic imine (C=N–C) groups is 1. The highest BCUT2D eigenvalue weighted by Gasteiger charge is 2.39. The molecule has 0 aliphatic carbocycles. The molecule has 11 nitrogen and oxygen atoms in total. The van der Waals surface area contributed by atoms with Gasteiger partial charge in [-0.05, 0) is 42.0 Å². The number of alkyl halides is 12. The second kappa shape index (κ2) is 15.5. The molecule has 0 saturated heterocycles. The van der Waals surface area contributed by atoms with Gasteiger partial charge in [-0.15, -0.1) is 0 Å². The van der Waals surface area contributed by atoms with Crippen LogP contribution in [0.1, 0.15) is 45.1 Å². The summed E-state index contributed by atoms with van der Waals surface area (Å²) in [6.07, 6.45) is -20.8. The molecule has 0 bridgehead atoms. The third kappa shape index (κ3) is 13.4. The number of nitrogens with zero attached hydrogens (tertiary/aromatic N) is 1. The molecule has 260 valence electrons. The molecule has 2 aromatic carbocycles. The number of hydrazine groups is 1. The van der Waals surface area contributed by atoms with E-state index in [1.54, 1.807) is 0 Å². The number of rotatable bonds is 9. The molecule has 23 heteroatoms. The van der Waals surface area contributed by atoms with Crippen molar-refractivity contribution in [3.63, 3.8) is 0 Å². The number of carboxylic acid groups (broad SMARTS) is 2. The predicted octanol–water partition coefficient (Wildman–Crippen LogP) is 4.56. The van der Waals surface area contributed by atoms with Crippen LogP contribution in [0.25, 0.3) is 0 Å². The summed E-state index contributed by atoms with van der Waals surface area (Å²) in [7, 11) is 0. The molecule has 2 rings (SSSR count). The number of amides is 2. The lowest BCUT2D eigenvalue weighted by Crippen LogP contribution is -2.39. The normalized spacial score (nSPS) is 12.9. The van der Waals surface area contributed by atoms with Crippen LogP contribution in [-0.2, 0) is 32.9 Å². The number of carboxylic acids is 2. The summed E-state index contributed by atoms with van der Waals surface area (Å²) in [5, 5.41) is 20.0. The number of carbonyl (C=O) groups excluding carboxylic acids is 2. The Hall–Kier alpha value is -5.09. The van der Waals surface area contributed by atoms with Gasteiger partial charge in [0, 0.05) is 5.56 Å². The Balaban J connectivity index is 0.00000141. The van der Waals surface area contributed by atoms with Crippen LogP contribution < -0.4 is 21.9 Å². The van der Waals surface area contributed by atoms with Gasteiger partial charge in [0.1, 0.15) is 6.34 Å². The van der Waals surface area contributed by atoms with Crippen molar-refractivity contribution in [2.24, 2.45) is 10.8 Å². The lowest BCUT2D eigenvalue weighted by atomic mass is 9.97. The fourth-order valence-electron chi connectivity index (χ4n) is 3.21. The van der Waals surface area contributed by atoms with E-state index in [0.29, 0.717) is 12.1 Å². The topological polar surface area (TPSA) is 183 Å². The zero-order valence-corrected chi connectivity index (χ0v) is 22.6. The molecule has 0 aliphatic heterocycles. The van der Waals surface area contributed by atoms with Gasteiger partial charge < -0.3 is 26.3 Å². The number of benzene rings is 2. The van der Waals surface area contributed by atoms with Crippen LogP contribution in [0.3, 0.4) is 0 Å². The van der Waals surface area contributed by atoms with Gasteiger partial charge in [0.05, 0.1) is 41.4 Å². The summed E-state index contributed by atoms with van der Waals surface area (Å²) >= 11 is 0. The predicted molar refractivity (Wildman–Crippen MR) is 133 cm³/mol. The van der Waals surface area contributed by atoms with Gasteiger partial charge in [-0.25, -0.2) is 15.6 Å². The lowest BCUT2D eigenvalue weighted by molar-refractivity contribution is -0.192. The van der Waals surface area contributed by atoms with Gasteiger partial charge in [0.15, 0.2) is 0 Å². The maximum absolute atomic E-state index is 13.2. The lowest BCUT2D eigenvalue weighted by Gasteiger charge is -2.21. The van der Waals surface area contributed by atoms with E-state index in [0.717, 1.165) is 12.4 Å². The van der Waals surface area contributed by atoms with Crippen LogP contribution in [0, 0.1) is 0 Å². The first-order valence-electron chi connectivity index (χ1n) is 11.9. The van der Waals surface area contributed by atoms with Crippen LogP contribution in [0.4, 0.5) is 58.4 Å². The zero-order chi connectivity index (χ0) is 36.5. The fraction of sp³-hybridized carbons (Fsp3) is 0.292. The molecule has 0 radical (unpaired) electrons. The van der Waals surface area contributed by atoms with Gasteiger partial charge in [0.25, 0.3) is 5.91 Å². The second-order valence-electron chi connectivity index (χ2n) is 8.73. The van der Waals surface area contributed by atoms with Crippen LogP contribution in [0.5, 0.6) is 0 Å². The molecular weight excluding hydrogens is 682 g/mol. The van der Waals surface area contributed by atoms with E-state index in [9.17, 15) is 67.1 Å². The molecule has 0 saturated carbocycles. The summed E-state index contributed by atoms with van der Waals surface area (Å²) in [5.74, 6) is -2.02. The summed E-state index contributed by atoms with van der Waals surface area (Å²) in [6.45, 7) is -1.04.